The number of hydrogen-bond acceptors (Lipinski definition) is 3. The van der Waals surface area contributed by atoms with Gasteiger partial charge < -0.3 is 0 Å². The smallest absolute Gasteiger partial charge is 0.267 e. The fraction of sp³-hybridized carbons (Fsp3) is 0. The van der Waals surface area contributed by atoms with Gasteiger partial charge in [0.05, 0.1) is 18.1 Å². The second kappa shape index (κ2) is 3.71. The Balaban J connectivity index is 2.59. The molecule has 2 aromatic rings. The van der Waals surface area contributed by atoms with Crippen LogP contribution in [0.1, 0.15) is 0 Å². The van der Waals surface area contributed by atoms with Crippen molar-refractivity contribution in [2.75, 3.05) is 0 Å². The molecule has 0 bridgehead atoms. The van der Waals surface area contributed by atoms with Crippen molar-refractivity contribution >= 4 is 15.9 Å². The molecule has 0 aliphatic rings. The molecule has 2 heterocycles. The summed E-state index contributed by atoms with van der Waals surface area (Å²) < 4.78 is 1.96. The van der Waals surface area contributed by atoms with Gasteiger partial charge in [-0.3, -0.25) is 9.78 Å². The van der Waals surface area contributed by atoms with Crippen LogP contribution in [-0.4, -0.2) is 14.8 Å². The van der Waals surface area contributed by atoms with Crippen molar-refractivity contribution in [3.63, 3.8) is 0 Å². The zero-order valence-corrected chi connectivity index (χ0v) is 8.68. The van der Waals surface area contributed by atoms with E-state index in [0.717, 1.165) is 0 Å². The predicted octanol–water partition coefficient (Wildman–Crippen LogP) is 1.39. The van der Waals surface area contributed by atoms with E-state index in [2.05, 4.69) is 26.0 Å². The van der Waals surface area contributed by atoms with Gasteiger partial charge in [0, 0.05) is 16.7 Å². The number of halogens is 1. The maximum atomic E-state index is 11.5. The van der Waals surface area contributed by atoms with Crippen LogP contribution in [0.2, 0.25) is 0 Å². The van der Waals surface area contributed by atoms with Crippen molar-refractivity contribution in [3.05, 3.63) is 51.6 Å². The minimum atomic E-state index is -0.188. The lowest BCUT2D eigenvalue weighted by Crippen LogP contribution is -2.19. The lowest BCUT2D eigenvalue weighted by atomic mass is 10.4. The third kappa shape index (κ3) is 1.72. The van der Waals surface area contributed by atoms with Gasteiger partial charge in [-0.25, -0.2) is 0 Å². The fourth-order valence-electron chi connectivity index (χ4n) is 1.06. The minimum absolute atomic E-state index is 0.188. The fourth-order valence-corrected chi connectivity index (χ4v) is 1.35. The summed E-state index contributed by atoms with van der Waals surface area (Å²) in [5.74, 6) is 0. The van der Waals surface area contributed by atoms with E-state index in [4.69, 9.17) is 0 Å². The average molecular weight is 252 g/mol. The third-order valence-electron chi connectivity index (χ3n) is 1.66. The van der Waals surface area contributed by atoms with Crippen LogP contribution in [0.3, 0.4) is 0 Å². The molecule has 0 spiro atoms. The molecule has 0 saturated heterocycles. The highest BCUT2D eigenvalue weighted by Crippen LogP contribution is 2.04. The first kappa shape index (κ1) is 9.08. The molecular formula is C9H6BrN3O. The second-order valence-electron chi connectivity index (χ2n) is 2.64. The SMILES string of the molecule is O=c1cc(Br)cnn1-c1cccnc1. The Morgan fingerprint density at radius 1 is 1.36 bits per heavy atom. The molecule has 4 nitrogen and oxygen atoms in total. The van der Waals surface area contributed by atoms with E-state index in [1.807, 2.05) is 0 Å². The number of rotatable bonds is 1. The molecule has 70 valence electrons. The molecule has 5 heteroatoms. The molecule has 0 aromatic carbocycles. The lowest BCUT2D eigenvalue weighted by molar-refractivity contribution is 0.798. The minimum Gasteiger partial charge on any atom is -0.267 e. The Hall–Kier alpha value is -1.49. The Morgan fingerprint density at radius 2 is 2.21 bits per heavy atom. The summed E-state index contributed by atoms with van der Waals surface area (Å²) in [4.78, 5) is 15.4. The topological polar surface area (TPSA) is 47.8 Å². The van der Waals surface area contributed by atoms with E-state index in [-0.39, 0.29) is 5.56 Å². The molecule has 2 rings (SSSR count). The molecule has 14 heavy (non-hydrogen) atoms. The Labute approximate surface area is 88.4 Å². The molecule has 0 N–H and O–H groups in total. The molecule has 0 saturated carbocycles. The summed E-state index contributed by atoms with van der Waals surface area (Å²) in [5, 5.41) is 3.97. The highest BCUT2D eigenvalue weighted by Gasteiger charge is 2.00. The number of hydrogen-bond donors (Lipinski definition) is 0. The van der Waals surface area contributed by atoms with Gasteiger partial charge in [0.1, 0.15) is 0 Å². The van der Waals surface area contributed by atoms with Crippen LogP contribution >= 0.6 is 15.9 Å². The van der Waals surface area contributed by atoms with Crippen LogP contribution in [0, 0.1) is 0 Å². The molecule has 0 aliphatic carbocycles. The molecule has 0 aliphatic heterocycles. The monoisotopic (exact) mass is 251 g/mol. The lowest BCUT2D eigenvalue weighted by Gasteiger charge is -2.01. The molecule has 0 fully saturated rings. The highest BCUT2D eigenvalue weighted by molar-refractivity contribution is 9.10. The van der Waals surface area contributed by atoms with Gasteiger partial charge in [-0.2, -0.15) is 9.78 Å². The van der Waals surface area contributed by atoms with Gasteiger partial charge in [0.15, 0.2) is 0 Å². The first-order chi connectivity index (χ1) is 6.77. The van der Waals surface area contributed by atoms with Crippen LogP contribution in [-0.2, 0) is 0 Å². The van der Waals surface area contributed by atoms with Crippen molar-refractivity contribution < 1.29 is 0 Å². The molecule has 0 unspecified atom stereocenters. The normalized spacial score (nSPS) is 10.1. The van der Waals surface area contributed by atoms with E-state index in [1.165, 1.54) is 10.7 Å². The number of aromatic nitrogens is 3. The number of pyridine rings is 1. The summed E-state index contributed by atoms with van der Waals surface area (Å²) in [6.45, 7) is 0. The predicted molar refractivity (Wildman–Crippen MR) is 55.3 cm³/mol. The van der Waals surface area contributed by atoms with Gasteiger partial charge >= 0.3 is 0 Å². The Kier molecular flexibility index (Phi) is 2.41. The van der Waals surface area contributed by atoms with Crippen molar-refractivity contribution in [2.45, 2.75) is 0 Å². The molecule has 0 amide bonds. The van der Waals surface area contributed by atoms with E-state index < -0.39 is 0 Å². The quantitative estimate of drug-likeness (QED) is 0.770. The number of nitrogens with zero attached hydrogens (tertiary/aromatic N) is 3. The summed E-state index contributed by atoms with van der Waals surface area (Å²) in [7, 11) is 0. The standard InChI is InChI=1S/C9H6BrN3O/c10-7-4-9(14)13(12-5-7)8-2-1-3-11-6-8/h1-6H. The average Bonchev–Trinajstić information content (AvgIpc) is 2.19. The van der Waals surface area contributed by atoms with Gasteiger partial charge in [-0.1, -0.05) is 0 Å². The molecule has 0 atom stereocenters. The van der Waals surface area contributed by atoms with Crippen molar-refractivity contribution in [3.8, 4) is 5.69 Å². The zero-order chi connectivity index (χ0) is 9.97. The maximum absolute atomic E-state index is 11.5. The van der Waals surface area contributed by atoms with Crippen molar-refractivity contribution in [1.82, 2.24) is 14.8 Å². The largest absolute Gasteiger partial charge is 0.272 e. The highest BCUT2D eigenvalue weighted by atomic mass is 79.9. The molecule has 0 radical (unpaired) electrons. The van der Waals surface area contributed by atoms with Gasteiger partial charge in [-0.15, -0.1) is 0 Å². The van der Waals surface area contributed by atoms with Crippen LogP contribution < -0.4 is 5.56 Å². The second-order valence-corrected chi connectivity index (χ2v) is 3.55. The molecular weight excluding hydrogens is 246 g/mol. The van der Waals surface area contributed by atoms with E-state index in [1.54, 1.807) is 30.7 Å². The van der Waals surface area contributed by atoms with Crippen LogP contribution in [0.25, 0.3) is 5.69 Å². The Morgan fingerprint density at radius 3 is 2.86 bits per heavy atom. The van der Waals surface area contributed by atoms with Crippen LogP contribution in [0.5, 0.6) is 0 Å². The first-order valence-corrected chi connectivity index (χ1v) is 4.72. The van der Waals surface area contributed by atoms with Crippen LogP contribution in [0.15, 0.2) is 46.1 Å². The summed E-state index contributed by atoms with van der Waals surface area (Å²) in [5.41, 5.74) is 0.470. The summed E-state index contributed by atoms with van der Waals surface area (Å²) in [6, 6.07) is 4.99. The van der Waals surface area contributed by atoms with E-state index in [0.29, 0.717) is 10.2 Å². The van der Waals surface area contributed by atoms with Gasteiger partial charge in [0.2, 0.25) is 0 Å². The third-order valence-corrected chi connectivity index (χ3v) is 2.09. The van der Waals surface area contributed by atoms with Crippen molar-refractivity contribution in [1.29, 1.82) is 0 Å². The van der Waals surface area contributed by atoms with Gasteiger partial charge in [0.25, 0.3) is 5.56 Å². The van der Waals surface area contributed by atoms with E-state index >= 15 is 0 Å². The van der Waals surface area contributed by atoms with E-state index in [9.17, 15) is 4.79 Å². The zero-order valence-electron chi connectivity index (χ0n) is 7.09. The Bertz CT molecular complexity index is 495. The maximum Gasteiger partial charge on any atom is 0.272 e. The summed E-state index contributed by atoms with van der Waals surface area (Å²) >= 11 is 3.18. The molecule has 2 aromatic heterocycles. The summed E-state index contributed by atoms with van der Waals surface area (Å²) in [6.07, 6.45) is 4.80. The van der Waals surface area contributed by atoms with Gasteiger partial charge in [-0.05, 0) is 28.1 Å². The van der Waals surface area contributed by atoms with Crippen molar-refractivity contribution in [2.24, 2.45) is 0 Å². The van der Waals surface area contributed by atoms with Crippen LogP contribution in [0.4, 0.5) is 0 Å². The first-order valence-electron chi connectivity index (χ1n) is 3.92.